The second kappa shape index (κ2) is 7.89. The van der Waals surface area contributed by atoms with Crippen LogP contribution in [0.2, 0.25) is 0 Å². The van der Waals surface area contributed by atoms with Gasteiger partial charge in [0, 0.05) is 24.8 Å². The van der Waals surface area contributed by atoms with Crippen molar-refractivity contribution in [2.24, 2.45) is 0 Å². The van der Waals surface area contributed by atoms with Gasteiger partial charge in [-0.2, -0.15) is 4.31 Å². The molecule has 1 aliphatic heterocycles. The van der Waals surface area contributed by atoms with Crippen molar-refractivity contribution in [2.45, 2.75) is 30.6 Å². The normalized spacial score (nSPS) is 15.9. The number of hydrogen-bond donors (Lipinski definition) is 3. The molecule has 3 rings (SSSR count). The van der Waals surface area contributed by atoms with Gasteiger partial charge in [-0.1, -0.05) is 18.9 Å². The molecule has 2 heterocycles. The fourth-order valence-corrected chi connectivity index (χ4v) is 4.52. The lowest BCUT2D eigenvalue weighted by molar-refractivity contribution is 0.102. The first-order valence-corrected chi connectivity index (χ1v) is 10.1. The summed E-state index contributed by atoms with van der Waals surface area (Å²) in [5.41, 5.74) is -1.48. The van der Waals surface area contributed by atoms with Crippen molar-refractivity contribution in [3.05, 3.63) is 56.9 Å². The molecule has 0 saturated carbocycles. The van der Waals surface area contributed by atoms with Gasteiger partial charge in [0.15, 0.2) is 0 Å². The minimum atomic E-state index is -3.65. The third-order valence-electron chi connectivity index (χ3n) is 4.30. The Labute approximate surface area is 155 Å². The Morgan fingerprint density at radius 2 is 1.70 bits per heavy atom. The molecule has 27 heavy (non-hydrogen) atoms. The highest BCUT2D eigenvalue weighted by atomic mass is 32.2. The summed E-state index contributed by atoms with van der Waals surface area (Å²) in [5.74, 6) is -0.720. The highest BCUT2D eigenvalue weighted by Crippen LogP contribution is 2.22. The first-order chi connectivity index (χ1) is 12.9. The average molecular weight is 392 g/mol. The van der Waals surface area contributed by atoms with E-state index in [1.165, 1.54) is 28.6 Å². The first-order valence-electron chi connectivity index (χ1n) is 8.61. The number of aromatic nitrogens is 2. The van der Waals surface area contributed by atoms with E-state index in [0.717, 1.165) is 31.7 Å². The minimum absolute atomic E-state index is 0.0848. The Balaban J connectivity index is 1.83. The van der Waals surface area contributed by atoms with Crippen LogP contribution in [0.4, 0.5) is 5.69 Å². The smallest absolute Gasteiger partial charge is 0.321 e. The van der Waals surface area contributed by atoms with E-state index in [2.05, 4.69) is 10.3 Å². The fourth-order valence-electron chi connectivity index (χ4n) is 2.95. The van der Waals surface area contributed by atoms with Crippen LogP contribution in [0.15, 0.2) is 44.8 Å². The number of benzene rings is 1. The fraction of sp³-hybridized carbons (Fsp3) is 0.353. The van der Waals surface area contributed by atoms with Crippen LogP contribution < -0.4 is 16.6 Å². The standard InChI is InChI=1S/C17H20N4O5S/c22-15-11-14(19-17(24)20-15)16(23)18-12-6-5-7-13(10-12)27(25,26)21-8-3-1-2-4-9-21/h5-7,10-11H,1-4,8-9H2,(H,18,23)(H2,19,20,22,24). The van der Waals surface area contributed by atoms with Crippen molar-refractivity contribution >= 4 is 21.6 Å². The second-order valence-electron chi connectivity index (χ2n) is 6.30. The summed E-state index contributed by atoms with van der Waals surface area (Å²) >= 11 is 0. The van der Waals surface area contributed by atoms with Crippen molar-refractivity contribution in [1.82, 2.24) is 14.3 Å². The quantitative estimate of drug-likeness (QED) is 0.711. The minimum Gasteiger partial charge on any atom is -0.321 e. The third kappa shape index (κ3) is 4.52. The molecule has 9 nitrogen and oxygen atoms in total. The van der Waals surface area contributed by atoms with Crippen LogP contribution in [0.1, 0.15) is 36.2 Å². The predicted molar refractivity (Wildman–Crippen MR) is 99.3 cm³/mol. The van der Waals surface area contributed by atoms with Gasteiger partial charge in [0.1, 0.15) is 5.69 Å². The number of aromatic amines is 2. The lowest BCUT2D eigenvalue weighted by atomic mass is 10.2. The van der Waals surface area contributed by atoms with Crippen LogP contribution >= 0.6 is 0 Å². The molecule has 0 radical (unpaired) electrons. The molecule has 0 unspecified atom stereocenters. The molecule has 0 bridgehead atoms. The molecule has 1 aromatic heterocycles. The number of hydrogen-bond acceptors (Lipinski definition) is 5. The summed E-state index contributed by atoms with van der Waals surface area (Å²) < 4.78 is 27.2. The number of amides is 1. The van der Waals surface area contributed by atoms with E-state index in [4.69, 9.17) is 0 Å². The maximum atomic E-state index is 12.9. The van der Waals surface area contributed by atoms with Crippen molar-refractivity contribution in [1.29, 1.82) is 0 Å². The topological polar surface area (TPSA) is 132 Å². The lowest BCUT2D eigenvalue weighted by Crippen LogP contribution is -2.32. The summed E-state index contributed by atoms with van der Waals surface area (Å²) in [6.07, 6.45) is 3.67. The number of nitrogens with zero attached hydrogens (tertiary/aromatic N) is 1. The molecule has 3 N–H and O–H groups in total. The zero-order chi connectivity index (χ0) is 19.4. The number of anilines is 1. The van der Waals surface area contributed by atoms with E-state index in [9.17, 15) is 22.8 Å². The van der Waals surface area contributed by atoms with Gasteiger partial charge in [0.25, 0.3) is 11.5 Å². The third-order valence-corrected chi connectivity index (χ3v) is 6.19. The Kier molecular flexibility index (Phi) is 5.57. The Morgan fingerprint density at radius 1 is 1.00 bits per heavy atom. The maximum absolute atomic E-state index is 12.9. The summed E-state index contributed by atoms with van der Waals surface area (Å²) in [6, 6.07) is 6.86. The van der Waals surface area contributed by atoms with E-state index < -0.39 is 27.2 Å². The number of carbonyl (C=O) groups is 1. The molecule has 1 amide bonds. The summed E-state index contributed by atoms with van der Waals surface area (Å²) in [6.45, 7) is 0.958. The maximum Gasteiger partial charge on any atom is 0.326 e. The predicted octanol–water partition coefficient (Wildman–Crippen LogP) is 0.880. The zero-order valence-electron chi connectivity index (χ0n) is 14.5. The molecule has 0 aliphatic carbocycles. The van der Waals surface area contributed by atoms with Crippen LogP contribution in [0, 0.1) is 0 Å². The molecule has 0 atom stereocenters. The molecular weight excluding hydrogens is 372 g/mol. The number of nitrogens with one attached hydrogen (secondary N) is 3. The Morgan fingerprint density at radius 3 is 2.37 bits per heavy atom. The van der Waals surface area contributed by atoms with Crippen LogP contribution in [0.3, 0.4) is 0 Å². The largest absolute Gasteiger partial charge is 0.326 e. The van der Waals surface area contributed by atoms with Gasteiger partial charge in [-0.15, -0.1) is 0 Å². The number of sulfonamides is 1. The monoisotopic (exact) mass is 392 g/mol. The average Bonchev–Trinajstić information content (AvgIpc) is 2.91. The Bertz CT molecular complexity index is 1020. The molecule has 1 aliphatic rings. The summed E-state index contributed by atoms with van der Waals surface area (Å²) in [4.78, 5) is 39.1. The lowest BCUT2D eigenvalue weighted by Gasteiger charge is -2.20. The SMILES string of the molecule is O=C(Nc1cccc(S(=O)(=O)N2CCCCCC2)c1)c1cc(=O)[nH]c(=O)[nH]1. The van der Waals surface area contributed by atoms with E-state index in [1.54, 1.807) is 0 Å². The van der Waals surface area contributed by atoms with Crippen molar-refractivity contribution < 1.29 is 13.2 Å². The van der Waals surface area contributed by atoms with Crippen LogP contribution in [-0.2, 0) is 10.0 Å². The Hall–Kier alpha value is -2.72. The molecule has 1 saturated heterocycles. The van der Waals surface area contributed by atoms with Crippen molar-refractivity contribution in [2.75, 3.05) is 18.4 Å². The van der Waals surface area contributed by atoms with E-state index in [1.807, 2.05) is 4.98 Å². The molecule has 10 heteroatoms. The van der Waals surface area contributed by atoms with Crippen LogP contribution in [0.5, 0.6) is 0 Å². The summed E-state index contributed by atoms with van der Waals surface area (Å²) in [7, 11) is -3.65. The van der Waals surface area contributed by atoms with E-state index in [-0.39, 0.29) is 16.3 Å². The number of rotatable bonds is 4. The number of carbonyl (C=O) groups excluding carboxylic acids is 1. The van der Waals surface area contributed by atoms with E-state index in [0.29, 0.717) is 13.1 Å². The van der Waals surface area contributed by atoms with Gasteiger partial charge in [-0.05, 0) is 31.0 Å². The highest BCUT2D eigenvalue weighted by molar-refractivity contribution is 7.89. The van der Waals surface area contributed by atoms with E-state index >= 15 is 0 Å². The van der Waals surface area contributed by atoms with Gasteiger partial charge in [0.05, 0.1) is 4.90 Å². The van der Waals surface area contributed by atoms with Gasteiger partial charge < -0.3 is 10.3 Å². The molecule has 2 aromatic rings. The van der Waals surface area contributed by atoms with Gasteiger partial charge >= 0.3 is 5.69 Å². The highest BCUT2D eigenvalue weighted by Gasteiger charge is 2.25. The van der Waals surface area contributed by atoms with Crippen molar-refractivity contribution in [3.8, 4) is 0 Å². The van der Waals surface area contributed by atoms with Crippen LogP contribution in [0.25, 0.3) is 0 Å². The van der Waals surface area contributed by atoms with Gasteiger partial charge in [-0.3, -0.25) is 14.6 Å². The van der Waals surface area contributed by atoms with Crippen molar-refractivity contribution in [3.63, 3.8) is 0 Å². The summed E-state index contributed by atoms with van der Waals surface area (Å²) in [5, 5.41) is 2.50. The first kappa shape index (κ1) is 19.1. The molecule has 0 spiro atoms. The van der Waals surface area contributed by atoms with Gasteiger partial charge in [0.2, 0.25) is 10.0 Å². The molecule has 1 fully saturated rings. The molecule has 1 aromatic carbocycles. The van der Waals surface area contributed by atoms with Crippen LogP contribution in [-0.4, -0.2) is 41.7 Å². The number of H-pyrrole nitrogens is 2. The second-order valence-corrected chi connectivity index (χ2v) is 8.24. The van der Waals surface area contributed by atoms with Gasteiger partial charge in [-0.25, -0.2) is 13.2 Å². The zero-order valence-corrected chi connectivity index (χ0v) is 15.3. The molecule has 144 valence electrons. The molecular formula is C17H20N4O5S.